The topological polar surface area (TPSA) is 47.2 Å². The van der Waals surface area contributed by atoms with Crippen LogP contribution in [0.4, 0.5) is 0 Å². The SMILES string of the molecule is Cn1ccc2c1cc(C(=O)O)n2Cc1ccccc1. The van der Waals surface area contributed by atoms with Crippen LogP contribution in [0.15, 0.2) is 48.7 Å². The van der Waals surface area contributed by atoms with Crippen LogP contribution in [0.3, 0.4) is 0 Å². The summed E-state index contributed by atoms with van der Waals surface area (Å²) in [5.41, 5.74) is 3.30. The van der Waals surface area contributed by atoms with E-state index in [1.807, 2.05) is 58.8 Å². The van der Waals surface area contributed by atoms with Crippen LogP contribution in [-0.2, 0) is 13.6 Å². The molecule has 0 radical (unpaired) electrons. The van der Waals surface area contributed by atoms with E-state index in [0.29, 0.717) is 12.2 Å². The molecule has 0 aliphatic carbocycles. The summed E-state index contributed by atoms with van der Waals surface area (Å²) in [4.78, 5) is 11.4. The summed E-state index contributed by atoms with van der Waals surface area (Å²) in [6.07, 6.45) is 1.94. The lowest BCUT2D eigenvalue weighted by Gasteiger charge is -2.07. The van der Waals surface area contributed by atoms with Gasteiger partial charge in [-0.15, -0.1) is 0 Å². The molecule has 1 aromatic carbocycles. The number of fused-ring (bicyclic) bond motifs is 1. The lowest BCUT2D eigenvalue weighted by Crippen LogP contribution is -2.09. The van der Waals surface area contributed by atoms with E-state index in [9.17, 15) is 9.90 Å². The standard InChI is InChI=1S/C15H14N2O2/c1-16-8-7-12-13(16)9-14(15(18)19)17(12)10-11-5-3-2-4-6-11/h2-9H,10H2,1H3,(H,18,19). The number of aromatic carboxylic acids is 1. The summed E-state index contributed by atoms with van der Waals surface area (Å²) in [5.74, 6) is -0.896. The van der Waals surface area contributed by atoms with E-state index >= 15 is 0 Å². The van der Waals surface area contributed by atoms with Crippen molar-refractivity contribution >= 4 is 17.0 Å². The molecule has 2 aromatic heterocycles. The Morgan fingerprint density at radius 2 is 1.89 bits per heavy atom. The number of rotatable bonds is 3. The largest absolute Gasteiger partial charge is 0.477 e. The second-order valence-electron chi connectivity index (χ2n) is 4.60. The quantitative estimate of drug-likeness (QED) is 0.781. The van der Waals surface area contributed by atoms with Crippen LogP contribution < -0.4 is 0 Å². The van der Waals surface area contributed by atoms with Crippen LogP contribution >= 0.6 is 0 Å². The number of aromatic nitrogens is 2. The zero-order valence-corrected chi connectivity index (χ0v) is 10.6. The number of carbonyl (C=O) groups is 1. The fourth-order valence-electron chi connectivity index (χ4n) is 2.38. The first kappa shape index (κ1) is 11.6. The minimum absolute atomic E-state index is 0.324. The van der Waals surface area contributed by atoms with E-state index in [0.717, 1.165) is 16.6 Å². The maximum atomic E-state index is 11.4. The Kier molecular flexibility index (Phi) is 2.63. The molecule has 4 heteroatoms. The molecular weight excluding hydrogens is 240 g/mol. The van der Waals surface area contributed by atoms with Gasteiger partial charge in [0, 0.05) is 19.8 Å². The maximum absolute atomic E-state index is 11.4. The summed E-state index contributed by atoms with van der Waals surface area (Å²) in [5, 5.41) is 9.32. The van der Waals surface area contributed by atoms with E-state index in [4.69, 9.17) is 0 Å². The number of aryl methyl sites for hydroxylation is 1. The molecule has 96 valence electrons. The van der Waals surface area contributed by atoms with Crippen molar-refractivity contribution in [2.75, 3.05) is 0 Å². The van der Waals surface area contributed by atoms with Gasteiger partial charge in [0.05, 0.1) is 11.0 Å². The summed E-state index contributed by atoms with van der Waals surface area (Å²) >= 11 is 0. The zero-order valence-electron chi connectivity index (χ0n) is 10.6. The highest BCUT2D eigenvalue weighted by Crippen LogP contribution is 2.22. The maximum Gasteiger partial charge on any atom is 0.352 e. The number of carboxylic acid groups (broad SMARTS) is 1. The first-order valence-electron chi connectivity index (χ1n) is 6.08. The average Bonchev–Trinajstić information content (AvgIpc) is 2.93. The first-order valence-corrected chi connectivity index (χ1v) is 6.08. The highest BCUT2D eigenvalue weighted by Gasteiger charge is 2.16. The Hall–Kier alpha value is -2.49. The highest BCUT2D eigenvalue weighted by molar-refractivity contribution is 5.93. The molecule has 0 aliphatic heterocycles. The average molecular weight is 254 g/mol. The molecule has 3 rings (SSSR count). The van der Waals surface area contributed by atoms with E-state index in [1.54, 1.807) is 6.07 Å². The van der Waals surface area contributed by atoms with Crippen molar-refractivity contribution in [3.05, 3.63) is 59.9 Å². The molecule has 0 saturated carbocycles. The van der Waals surface area contributed by atoms with Crippen molar-refractivity contribution in [2.45, 2.75) is 6.54 Å². The van der Waals surface area contributed by atoms with E-state index in [1.165, 1.54) is 0 Å². The van der Waals surface area contributed by atoms with Crippen LogP contribution in [0.2, 0.25) is 0 Å². The van der Waals surface area contributed by atoms with Crippen molar-refractivity contribution in [3.63, 3.8) is 0 Å². The molecule has 0 saturated heterocycles. The van der Waals surface area contributed by atoms with Gasteiger partial charge in [-0.3, -0.25) is 0 Å². The molecular formula is C15H14N2O2. The van der Waals surface area contributed by atoms with Gasteiger partial charge in [0.1, 0.15) is 5.69 Å². The Labute approximate surface area is 110 Å². The summed E-state index contributed by atoms with van der Waals surface area (Å²) < 4.78 is 3.77. The smallest absolute Gasteiger partial charge is 0.352 e. The monoisotopic (exact) mass is 254 g/mol. The van der Waals surface area contributed by atoms with Gasteiger partial charge in [-0.05, 0) is 17.7 Å². The first-order chi connectivity index (χ1) is 9.16. The van der Waals surface area contributed by atoms with Crippen LogP contribution in [0.25, 0.3) is 11.0 Å². The zero-order chi connectivity index (χ0) is 13.4. The van der Waals surface area contributed by atoms with E-state index < -0.39 is 5.97 Å². The lowest BCUT2D eigenvalue weighted by molar-refractivity contribution is 0.0686. The number of benzene rings is 1. The number of carboxylic acids is 1. The third kappa shape index (κ3) is 1.91. The van der Waals surface area contributed by atoms with Gasteiger partial charge in [0.25, 0.3) is 0 Å². The minimum Gasteiger partial charge on any atom is -0.477 e. The third-order valence-electron chi connectivity index (χ3n) is 3.36. The van der Waals surface area contributed by atoms with Crippen molar-refractivity contribution in [3.8, 4) is 0 Å². The molecule has 0 bridgehead atoms. The fraction of sp³-hybridized carbons (Fsp3) is 0.133. The predicted molar refractivity (Wildman–Crippen MR) is 73.4 cm³/mol. The molecule has 0 atom stereocenters. The lowest BCUT2D eigenvalue weighted by atomic mass is 10.2. The predicted octanol–water partition coefficient (Wildman–Crippen LogP) is 2.73. The fourth-order valence-corrected chi connectivity index (χ4v) is 2.38. The van der Waals surface area contributed by atoms with Crippen molar-refractivity contribution < 1.29 is 9.90 Å². The van der Waals surface area contributed by atoms with Gasteiger partial charge in [-0.1, -0.05) is 30.3 Å². The van der Waals surface area contributed by atoms with Crippen LogP contribution in [0.1, 0.15) is 16.1 Å². The Morgan fingerprint density at radius 3 is 2.58 bits per heavy atom. The summed E-state index contributed by atoms with van der Waals surface area (Å²) in [6, 6.07) is 13.5. The van der Waals surface area contributed by atoms with E-state index in [2.05, 4.69) is 0 Å². The number of hydrogen-bond acceptors (Lipinski definition) is 1. The van der Waals surface area contributed by atoms with Crippen molar-refractivity contribution in [2.24, 2.45) is 7.05 Å². The molecule has 0 aliphatic rings. The number of nitrogens with zero attached hydrogens (tertiary/aromatic N) is 2. The van der Waals surface area contributed by atoms with Crippen LogP contribution in [0, 0.1) is 0 Å². The van der Waals surface area contributed by atoms with Crippen LogP contribution in [-0.4, -0.2) is 20.2 Å². The van der Waals surface area contributed by atoms with Gasteiger partial charge >= 0.3 is 5.97 Å². The Morgan fingerprint density at radius 1 is 1.16 bits per heavy atom. The van der Waals surface area contributed by atoms with Gasteiger partial charge in [0.15, 0.2) is 0 Å². The van der Waals surface area contributed by atoms with E-state index in [-0.39, 0.29) is 0 Å². The molecule has 3 aromatic rings. The van der Waals surface area contributed by atoms with Gasteiger partial charge < -0.3 is 14.2 Å². The highest BCUT2D eigenvalue weighted by atomic mass is 16.4. The molecule has 2 heterocycles. The van der Waals surface area contributed by atoms with Crippen molar-refractivity contribution in [1.29, 1.82) is 0 Å². The third-order valence-corrected chi connectivity index (χ3v) is 3.36. The molecule has 0 amide bonds. The molecule has 1 N–H and O–H groups in total. The molecule has 0 fully saturated rings. The van der Waals surface area contributed by atoms with Crippen LogP contribution in [0.5, 0.6) is 0 Å². The van der Waals surface area contributed by atoms with Gasteiger partial charge in [-0.2, -0.15) is 0 Å². The minimum atomic E-state index is -0.896. The Bertz CT molecular complexity index is 738. The summed E-state index contributed by atoms with van der Waals surface area (Å²) in [6.45, 7) is 0.565. The van der Waals surface area contributed by atoms with Crippen molar-refractivity contribution in [1.82, 2.24) is 9.13 Å². The molecule has 19 heavy (non-hydrogen) atoms. The molecule has 0 spiro atoms. The van der Waals surface area contributed by atoms with Gasteiger partial charge in [-0.25, -0.2) is 4.79 Å². The Balaban J connectivity index is 2.15. The normalized spacial score (nSPS) is 11.0. The molecule has 0 unspecified atom stereocenters. The van der Waals surface area contributed by atoms with Gasteiger partial charge in [0.2, 0.25) is 0 Å². The second-order valence-corrected chi connectivity index (χ2v) is 4.60. The summed E-state index contributed by atoms with van der Waals surface area (Å²) in [7, 11) is 1.92. The number of hydrogen-bond donors (Lipinski definition) is 1. The second kappa shape index (κ2) is 4.31. The molecule has 4 nitrogen and oxygen atoms in total.